The predicted octanol–water partition coefficient (Wildman–Crippen LogP) is 5.04. The summed E-state index contributed by atoms with van der Waals surface area (Å²) in [5, 5.41) is 10.5. The van der Waals surface area contributed by atoms with E-state index in [0.29, 0.717) is 30.9 Å². The van der Waals surface area contributed by atoms with Gasteiger partial charge in [-0.2, -0.15) is 0 Å². The van der Waals surface area contributed by atoms with Crippen molar-refractivity contribution in [2.75, 3.05) is 26.2 Å². The molecule has 3 atom stereocenters. The van der Waals surface area contributed by atoms with Crippen molar-refractivity contribution >= 4 is 39.3 Å². The number of carbonyl (C=O) groups is 3. The van der Waals surface area contributed by atoms with E-state index in [2.05, 4.69) is 34.7 Å². The van der Waals surface area contributed by atoms with Crippen LogP contribution in [0.3, 0.4) is 0 Å². The summed E-state index contributed by atoms with van der Waals surface area (Å²) < 4.78 is 12.5. The molecule has 1 aliphatic carbocycles. The quantitative estimate of drug-likeness (QED) is 0.260. The number of morpholine rings is 1. The van der Waals surface area contributed by atoms with Gasteiger partial charge in [-0.05, 0) is 50.1 Å². The van der Waals surface area contributed by atoms with E-state index in [-0.39, 0.29) is 24.0 Å². The molecule has 1 saturated carbocycles. The molecule has 5 rings (SSSR count). The third-order valence-electron chi connectivity index (χ3n) is 8.43. The summed E-state index contributed by atoms with van der Waals surface area (Å²) in [7, 11) is 0. The molecule has 3 amide bonds. The molecule has 2 aliphatic rings. The molecule has 2 heterocycles. The van der Waals surface area contributed by atoms with Crippen LogP contribution in [0, 0.1) is 0 Å². The molecule has 2 fully saturated rings. The molecule has 236 valence electrons. The third-order valence-corrected chi connectivity index (χ3v) is 9.42. The van der Waals surface area contributed by atoms with Crippen molar-refractivity contribution in [1.29, 1.82) is 0 Å². The van der Waals surface area contributed by atoms with Gasteiger partial charge in [0, 0.05) is 43.4 Å². The van der Waals surface area contributed by atoms with E-state index in [1.54, 1.807) is 0 Å². The maximum absolute atomic E-state index is 14.0. The highest BCUT2D eigenvalue weighted by Crippen LogP contribution is 2.33. The van der Waals surface area contributed by atoms with Gasteiger partial charge in [0.15, 0.2) is 5.06 Å². The second-order valence-electron chi connectivity index (χ2n) is 12.1. The summed E-state index contributed by atoms with van der Waals surface area (Å²) in [6.45, 7) is 7.29. The summed E-state index contributed by atoms with van der Waals surface area (Å²) in [4.78, 5) is 43.0. The largest absolute Gasteiger partial charge is 0.414 e. The summed E-state index contributed by atoms with van der Waals surface area (Å²) in [6, 6.07) is 18.5. The van der Waals surface area contributed by atoms with Gasteiger partial charge in [-0.1, -0.05) is 79.1 Å². The minimum atomic E-state index is -1.15. The molecule has 1 saturated heterocycles. The van der Waals surface area contributed by atoms with Gasteiger partial charge in [-0.25, -0.2) is 4.79 Å². The van der Waals surface area contributed by atoms with E-state index >= 15 is 0 Å². The zero-order valence-electron chi connectivity index (χ0n) is 25.7. The van der Waals surface area contributed by atoms with Crippen LogP contribution < -0.4 is 20.7 Å². The first-order valence-corrected chi connectivity index (χ1v) is 16.6. The van der Waals surface area contributed by atoms with Crippen molar-refractivity contribution in [2.45, 2.75) is 82.6 Å². The molecular formula is C34H44N4O5S. The molecular weight excluding hydrogens is 576 g/mol. The number of nitrogens with one attached hydrogen (secondary N) is 3. The Morgan fingerprint density at radius 3 is 2.43 bits per heavy atom. The zero-order chi connectivity index (χ0) is 30.9. The average Bonchev–Trinajstić information content (AvgIpc) is 3.41. The molecule has 3 N–H and O–H groups in total. The fourth-order valence-electron chi connectivity index (χ4n) is 6.34. The molecule has 0 radical (unpaired) electrons. The van der Waals surface area contributed by atoms with Crippen LogP contribution in [-0.4, -0.2) is 72.8 Å². The number of rotatable bonds is 11. The van der Waals surface area contributed by atoms with E-state index in [0.717, 1.165) is 61.0 Å². The van der Waals surface area contributed by atoms with Crippen LogP contribution in [0.2, 0.25) is 0 Å². The summed E-state index contributed by atoms with van der Waals surface area (Å²) in [5.74, 6) is -0.581. The lowest BCUT2D eigenvalue weighted by Crippen LogP contribution is -2.63. The second-order valence-corrected chi connectivity index (χ2v) is 13.2. The predicted molar refractivity (Wildman–Crippen MR) is 173 cm³/mol. The number of amides is 3. The fraction of sp³-hybridized carbons (Fsp3) is 0.500. The minimum Gasteiger partial charge on any atom is -0.399 e. The van der Waals surface area contributed by atoms with Crippen molar-refractivity contribution in [3.05, 3.63) is 66.2 Å². The maximum atomic E-state index is 14.0. The SMILES string of the molecule is CC1CN(CCCNC(=O)C(Cc2ccccc2)NC(=O)C2(NC(=O)Oc3cc4ccccc4s3)CCCCC2)CC(C)O1. The maximum Gasteiger partial charge on any atom is 0.414 e. The van der Waals surface area contributed by atoms with Crippen molar-refractivity contribution in [2.24, 2.45) is 0 Å². The van der Waals surface area contributed by atoms with Crippen LogP contribution >= 0.6 is 11.3 Å². The number of fused-ring (bicyclic) bond motifs is 1. The molecule has 44 heavy (non-hydrogen) atoms. The first kappa shape index (κ1) is 31.9. The van der Waals surface area contributed by atoms with Gasteiger partial charge in [0.25, 0.3) is 0 Å². The highest BCUT2D eigenvalue weighted by atomic mass is 32.1. The average molecular weight is 621 g/mol. The van der Waals surface area contributed by atoms with Gasteiger partial charge in [0.1, 0.15) is 11.6 Å². The molecule has 3 unspecified atom stereocenters. The zero-order valence-corrected chi connectivity index (χ0v) is 26.5. The van der Waals surface area contributed by atoms with Crippen molar-refractivity contribution in [1.82, 2.24) is 20.9 Å². The lowest BCUT2D eigenvalue weighted by Gasteiger charge is -2.37. The Labute approximate surface area is 263 Å². The normalized spacial score (nSPS) is 20.9. The molecule has 1 aliphatic heterocycles. The number of thiophene rings is 1. The number of carbonyl (C=O) groups excluding carboxylic acids is 3. The number of ether oxygens (including phenoxy) is 2. The van der Waals surface area contributed by atoms with Gasteiger partial charge in [0.2, 0.25) is 11.8 Å². The Kier molecular flexibility index (Phi) is 10.9. The van der Waals surface area contributed by atoms with Crippen LogP contribution in [0.4, 0.5) is 4.79 Å². The smallest absolute Gasteiger partial charge is 0.399 e. The Morgan fingerprint density at radius 2 is 1.70 bits per heavy atom. The van der Waals surface area contributed by atoms with Gasteiger partial charge in [-0.15, -0.1) is 0 Å². The second kappa shape index (κ2) is 15.0. The van der Waals surface area contributed by atoms with Gasteiger partial charge in [-0.3, -0.25) is 14.5 Å². The summed E-state index contributed by atoms with van der Waals surface area (Å²) in [6.07, 6.45) is 4.41. The first-order chi connectivity index (χ1) is 21.3. The van der Waals surface area contributed by atoms with E-state index in [9.17, 15) is 14.4 Å². The van der Waals surface area contributed by atoms with Crippen LogP contribution in [0.1, 0.15) is 57.9 Å². The van der Waals surface area contributed by atoms with Gasteiger partial charge in [0.05, 0.1) is 12.2 Å². The van der Waals surface area contributed by atoms with Crippen molar-refractivity contribution in [3.63, 3.8) is 0 Å². The molecule has 2 aromatic carbocycles. The minimum absolute atomic E-state index is 0.196. The third kappa shape index (κ3) is 8.58. The number of hydrogen-bond donors (Lipinski definition) is 3. The van der Waals surface area contributed by atoms with Crippen LogP contribution in [0.25, 0.3) is 10.1 Å². The molecule has 0 spiro atoms. The highest BCUT2D eigenvalue weighted by Gasteiger charge is 2.43. The molecule has 10 heteroatoms. The highest BCUT2D eigenvalue weighted by molar-refractivity contribution is 7.20. The number of hydrogen-bond acceptors (Lipinski definition) is 7. The monoisotopic (exact) mass is 620 g/mol. The standard InChI is InChI=1S/C34H44N4O5S/c1-24-22-38(23-25(2)42-24)19-11-18-35-31(39)28(20-26-12-5-3-6-13-26)36-32(40)34(16-9-4-10-17-34)37-33(41)43-30-21-27-14-7-8-15-29(27)44-30/h3,5-8,12-15,21,24-25,28H,4,9-11,16-20,22-23H2,1-2H3,(H,35,39)(H,36,40)(H,37,41). The number of benzene rings is 2. The van der Waals surface area contributed by atoms with E-state index in [1.807, 2.05) is 60.7 Å². The Morgan fingerprint density at radius 1 is 1.00 bits per heavy atom. The van der Waals surface area contributed by atoms with Crippen LogP contribution in [0.5, 0.6) is 5.06 Å². The Bertz CT molecular complexity index is 1360. The molecule has 1 aromatic heterocycles. The van der Waals surface area contributed by atoms with E-state index < -0.39 is 17.7 Å². The Balaban J connectivity index is 1.23. The lowest BCUT2D eigenvalue weighted by molar-refractivity contribution is -0.133. The number of nitrogens with zero attached hydrogens (tertiary/aromatic N) is 1. The molecule has 3 aromatic rings. The molecule has 9 nitrogen and oxygen atoms in total. The van der Waals surface area contributed by atoms with Gasteiger partial charge >= 0.3 is 6.09 Å². The van der Waals surface area contributed by atoms with E-state index in [4.69, 9.17) is 9.47 Å². The summed E-state index contributed by atoms with van der Waals surface area (Å²) >= 11 is 1.38. The van der Waals surface area contributed by atoms with Gasteiger partial charge < -0.3 is 25.4 Å². The Hall–Kier alpha value is -3.47. The van der Waals surface area contributed by atoms with Crippen LogP contribution in [0.15, 0.2) is 60.7 Å². The fourth-order valence-corrected chi connectivity index (χ4v) is 7.26. The lowest BCUT2D eigenvalue weighted by atomic mass is 9.80. The first-order valence-electron chi connectivity index (χ1n) is 15.8. The van der Waals surface area contributed by atoms with E-state index in [1.165, 1.54) is 11.3 Å². The van der Waals surface area contributed by atoms with Crippen molar-refractivity contribution < 1.29 is 23.9 Å². The summed E-state index contributed by atoms with van der Waals surface area (Å²) in [5.41, 5.74) is -0.204. The molecule has 0 bridgehead atoms. The van der Waals surface area contributed by atoms with Crippen LogP contribution in [-0.2, 0) is 20.7 Å². The van der Waals surface area contributed by atoms with Crippen molar-refractivity contribution in [3.8, 4) is 5.06 Å². The topological polar surface area (TPSA) is 109 Å².